The molecule has 0 aliphatic heterocycles. The van der Waals surface area contributed by atoms with Crippen molar-refractivity contribution in [1.29, 1.82) is 0 Å². The second-order valence-corrected chi connectivity index (χ2v) is 6.32. The van der Waals surface area contributed by atoms with Crippen LogP contribution in [0.1, 0.15) is 17.3 Å². The van der Waals surface area contributed by atoms with E-state index in [9.17, 15) is 14.4 Å². The molecule has 2 heterocycles. The molecule has 3 aromatic rings. The smallest absolute Gasteiger partial charge is 0.267 e. The maximum atomic E-state index is 12.2. The number of carbonyl (C=O) groups is 2. The molecule has 0 bridgehead atoms. The first-order valence-electron chi connectivity index (χ1n) is 7.56. The number of hydrogen-bond donors (Lipinski definition) is 1. The molecule has 0 unspecified atom stereocenters. The standard InChI is InChI=1S/C18H15N3O3S/c1-12(22)13-4-2-5-14(10-13)19-17(23)11-21-18(24)8-7-15(20-21)16-6-3-9-25-16/h2-10H,11H2,1H3,(H,19,23). The largest absolute Gasteiger partial charge is 0.324 e. The first-order chi connectivity index (χ1) is 12.0. The molecule has 0 radical (unpaired) electrons. The second-order valence-electron chi connectivity index (χ2n) is 5.38. The minimum atomic E-state index is -0.390. The van der Waals surface area contributed by atoms with Gasteiger partial charge in [-0.2, -0.15) is 5.10 Å². The lowest BCUT2D eigenvalue weighted by Gasteiger charge is -2.08. The van der Waals surface area contributed by atoms with Crippen LogP contribution in [0.4, 0.5) is 5.69 Å². The number of hydrogen-bond acceptors (Lipinski definition) is 5. The van der Waals surface area contributed by atoms with Gasteiger partial charge in [0.05, 0.1) is 4.88 Å². The maximum absolute atomic E-state index is 12.2. The van der Waals surface area contributed by atoms with Crippen molar-refractivity contribution >= 4 is 28.7 Å². The average molecular weight is 353 g/mol. The summed E-state index contributed by atoms with van der Waals surface area (Å²) < 4.78 is 1.12. The van der Waals surface area contributed by atoms with Crippen molar-refractivity contribution in [1.82, 2.24) is 9.78 Å². The lowest BCUT2D eigenvalue weighted by molar-refractivity contribution is -0.117. The van der Waals surface area contributed by atoms with E-state index in [2.05, 4.69) is 10.4 Å². The number of nitrogens with zero attached hydrogens (tertiary/aromatic N) is 2. The van der Waals surface area contributed by atoms with Crippen LogP contribution in [-0.4, -0.2) is 21.5 Å². The molecule has 2 aromatic heterocycles. The molecule has 0 atom stereocenters. The van der Waals surface area contributed by atoms with E-state index in [0.717, 1.165) is 9.56 Å². The molecule has 0 aliphatic carbocycles. The van der Waals surface area contributed by atoms with Gasteiger partial charge in [-0.15, -0.1) is 11.3 Å². The second kappa shape index (κ2) is 7.23. The predicted octanol–water partition coefficient (Wildman–Crippen LogP) is 2.81. The Hall–Kier alpha value is -3.06. The van der Waals surface area contributed by atoms with Crippen LogP contribution in [0.25, 0.3) is 10.6 Å². The van der Waals surface area contributed by atoms with Gasteiger partial charge in [0.2, 0.25) is 5.91 Å². The van der Waals surface area contributed by atoms with E-state index in [1.165, 1.54) is 24.3 Å². The van der Waals surface area contributed by atoms with Crippen molar-refractivity contribution in [2.75, 3.05) is 5.32 Å². The van der Waals surface area contributed by atoms with Gasteiger partial charge >= 0.3 is 0 Å². The minimum absolute atomic E-state index is 0.0855. The number of anilines is 1. The van der Waals surface area contributed by atoms with E-state index >= 15 is 0 Å². The van der Waals surface area contributed by atoms with Crippen LogP contribution in [0.15, 0.2) is 58.7 Å². The Kier molecular flexibility index (Phi) is 4.85. The van der Waals surface area contributed by atoms with Crippen molar-refractivity contribution in [2.45, 2.75) is 13.5 Å². The summed E-state index contributed by atoms with van der Waals surface area (Å²) in [7, 11) is 0. The third-order valence-electron chi connectivity index (χ3n) is 3.49. The highest BCUT2D eigenvalue weighted by Crippen LogP contribution is 2.21. The van der Waals surface area contributed by atoms with Crippen molar-refractivity contribution in [3.8, 4) is 10.6 Å². The number of aromatic nitrogens is 2. The van der Waals surface area contributed by atoms with Gasteiger partial charge in [0.1, 0.15) is 12.2 Å². The lowest BCUT2D eigenvalue weighted by Crippen LogP contribution is -2.29. The van der Waals surface area contributed by atoms with Gasteiger partial charge in [-0.1, -0.05) is 18.2 Å². The van der Waals surface area contributed by atoms with Gasteiger partial charge in [0, 0.05) is 17.3 Å². The van der Waals surface area contributed by atoms with E-state index in [-0.39, 0.29) is 17.9 Å². The SMILES string of the molecule is CC(=O)c1cccc(NC(=O)Cn2nc(-c3cccs3)ccc2=O)c1. The maximum Gasteiger partial charge on any atom is 0.267 e. The van der Waals surface area contributed by atoms with E-state index in [4.69, 9.17) is 0 Å². The lowest BCUT2D eigenvalue weighted by atomic mass is 10.1. The summed E-state index contributed by atoms with van der Waals surface area (Å²) in [4.78, 5) is 36.5. The molecule has 1 N–H and O–H groups in total. The molecule has 0 saturated heterocycles. The van der Waals surface area contributed by atoms with Gasteiger partial charge in [-0.05, 0) is 36.6 Å². The molecule has 0 fully saturated rings. The zero-order chi connectivity index (χ0) is 17.8. The fourth-order valence-electron chi connectivity index (χ4n) is 2.27. The van der Waals surface area contributed by atoms with Gasteiger partial charge < -0.3 is 5.32 Å². The van der Waals surface area contributed by atoms with E-state index in [0.29, 0.717) is 16.9 Å². The number of Topliss-reactive ketones (excluding diaryl/α,β-unsaturated/α-hetero) is 1. The number of nitrogens with one attached hydrogen (secondary N) is 1. The fraction of sp³-hybridized carbons (Fsp3) is 0.111. The Labute approximate surface area is 147 Å². The molecule has 0 spiro atoms. The molecular formula is C18H15N3O3S. The van der Waals surface area contributed by atoms with Crippen LogP contribution in [0.3, 0.4) is 0 Å². The number of amides is 1. The monoisotopic (exact) mass is 353 g/mol. The molecule has 6 nitrogen and oxygen atoms in total. The van der Waals surface area contributed by atoms with Crippen molar-refractivity contribution in [2.24, 2.45) is 0 Å². The molecule has 126 valence electrons. The Balaban J connectivity index is 1.77. The molecule has 7 heteroatoms. The Morgan fingerprint density at radius 2 is 2.00 bits per heavy atom. The summed E-state index contributed by atoms with van der Waals surface area (Å²) in [6.45, 7) is 1.25. The quantitative estimate of drug-likeness (QED) is 0.715. The summed E-state index contributed by atoms with van der Waals surface area (Å²) >= 11 is 1.51. The minimum Gasteiger partial charge on any atom is -0.324 e. The van der Waals surface area contributed by atoms with E-state index in [1.807, 2.05) is 17.5 Å². The molecule has 0 saturated carbocycles. The van der Waals surface area contributed by atoms with Crippen LogP contribution >= 0.6 is 11.3 Å². The van der Waals surface area contributed by atoms with Crippen LogP contribution < -0.4 is 10.9 Å². The summed E-state index contributed by atoms with van der Waals surface area (Å²) in [6, 6.07) is 13.5. The summed E-state index contributed by atoms with van der Waals surface area (Å²) in [6.07, 6.45) is 0. The first-order valence-corrected chi connectivity index (χ1v) is 8.44. The van der Waals surface area contributed by atoms with E-state index < -0.39 is 5.91 Å². The first kappa shape index (κ1) is 16.8. The molecular weight excluding hydrogens is 338 g/mol. The third kappa shape index (κ3) is 4.07. The Bertz CT molecular complexity index is 977. The van der Waals surface area contributed by atoms with Gasteiger partial charge in [0.15, 0.2) is 5.78 Å². The highest BCUT2D eigenvalue weighted by Gasteiger charge is 2.09. The topological polar surface area (TPSA) is 81.1 Å². The normalized spacial score (nSPS) is 10.4. The van der Waals surface area contributed by atoms with Crippen LogP contribution in [0.2, 0.25) is 0 Å². The predicted molar refractivity (Wildman–Crippen MR) is 96.9 cm³/mol. The Morgan fingerprint density at radius 1 is 1.16 bits per heavy atom. The molecule has 1 amide bonds. The number of carbonyl (C=O) groups excluding carboxylic acids is 2. The molecule has 3 rings (SSSR count). The summed E-state index contributed by atoms with van der Waals surface area (Å²) in [5.41, 5.74) is 1.29. The molecule has 25 heavy (non-hydrogen) atoms. The molecule has 0 aliphatic rings. The van der Waals surface area contributed by atoms with Crippen molar-refractivity contribution in [3.63, 3.8) is 0 Å². The highest BCUT2D eigenvalue weighted by atomic mass is 32.1. The zero-order valence-electron chi connectivity index (χ0n) is 13.4. The van der Waals surface area contributed by atoms with Crippen molar-refractivity contribution < 1.29 is 9.59 Å². The molecule has 1 aromatic carbocycles. The van der Waals surface area contributed by atoms with Gasteiger partial charge in [-0.3, -0.25) is 14.4 Å². The summed E-state index contributed by atoms with van der Waals surface area (Å²) in [5, 5.41) is 8.84. The fourth-order valence-corrected chi connectivity index (χ4v) is 2.96. The summed E-state index contributed by atoms with van der Waals surface area (Å²) in [5.74, 6) is -0.476. The number of benzene rings is 1. The van der Waals surface area contributed by atoms with E-state index in [1.54, 1.807) is 30.3 Å². The van der Waals surface area contributed by atoms with Crippen LogP contribution in [-0.2, 0) is 11.3 Å². The van der Waals surface area contributed by atoms with Crippen LogP contribution in [0.5, 0.6) is 0 Å². The number of rotatable bonds is 5. The third-order valence-corrected chi connectivity index (χ3v) is 4.38. The highest BCUT2D eigenvalue weighted by molar-refractivity contribution is 7.13. The Morgan fingerprint density at radius 3 is 2.72 bits per heavy atom. The number of thiophene rings is 1. The van der Waals surface area contributed by atoms with Gasteiger partial charge in [-0.25, -0.2) is 4.68 Å². The van der Waals surface area contributed by atoms with Crippen LogP contribution in [0, 0.1) is 0 Å². The zero-order valence-corrected chi connectivity index (χ0v) is 14.2. The average Bonchev–Trinajstić information content (AvgIpc) is 3.11. The van der Waals surface area contributed by atoms with Gasteiger partial charge in [0.25, 0.3) is 5.56 Å². The van der Waals surface area contributed by atoms with Crippen molar-refractivity contribution in [3.05, 3.63) is 69.8 Å². The number of ketones is 1.